The van der Waals surface area contributed by atoms with E-state index in [-0.39, 0.29) is 5.54 Å². The molecule has 0 bridgehead atoms. The lowest BCUT2D eigenvalue weighted by Crippen LogP contribution is -2.54. The van der Waals surface area contributed by atoms with Crippen LogP contribution >= 0.6 is 11.6 Å². The molecule has 114 valence electrons. The normalized spacial score (nSPS) is 14.5. The zero-order valence-electron chi connectivity index (χ0n) is 12.9. The molecule has 0 heterocycles. The van der Waals surface area contributed by atoms with E-state index in [4.69, 9.17) is 22.1 Å². The molecular formula is C16H27ClN2O. The second-order valence-corrected chi connectivity index (χ2v) is 5.72. The van der Waals surface area contributed by atoms with E-state index in [1.165, 1.54) is 5.56 Å². The SMILES string of the molecule is CCOCCN(CC)C(C)(CN)Cc1ccc(Cl)cc1. The number of halogens is 1. The fourth-order valence-electron chi connectivity index (χ4n) is 2.48. The van der Waals surface area contributed by atoms with Crippen molar-refractivity contribution in [1.82, 2.24) is 4.90 Å². The average Bonchev–Trinajstić information content (AvgIpc) is 2.46. The lowest BCUT2D eigenvalue weighted by molar-refractivity contribution is 0.0609. The molecule has 0 fully saturated rings. The van der Waals surface area contributed by atoms with Crippen LogP contribution in [0.25, 0.3) is 0 Å². The summed E-state index contributed by atoms with van der Waals surface area (Å²) in [5, 5.41) is 0.770. The molecule has 0 saturated carbocycles. The van der Waals surface area contributed by atoms with Crippen molar-refractivity contribution in [3.8, 4) is 0 Å². The van der Waals surface area contributed by atoms with Gasteiger partial charge in [0.15, 0.2) is 0 Å². The van der Waals surface area contributed by atoms with E-state index >= 15 is 0 Å². The van der Waals surface area contributed by atoms with Gasteiger partial charge in [-0.25, -0.2) is 0 Å². The Hall–Kier alpha value is -0.610. The van der Waals surface area contributed by atoms with Crippen molar-refractivity contribution >= 4 is 11.6 Å². The van der Waals surface area contributed by atoms with Gasteiger partial charge in [-0.05, 0) is 44.5 Å². The lowest BCUT2D eigenvalue weighted by Gasteiger charge is -2.40. The van der Waals surface area contributed by atoms with Crippen molar-refractivity contribution in [3.63, 3.8) is 0 Å². The minimum Gasteiger partial charge on any atom is -0.380 e. The molecule has 1 atom stereocenters. The summed E-state index contributed by atoms with van der Waals surface area (Å²) in [6.07, 6.45) is 0.917. The van der Waals surface area contributed by atoms with Crippen LogP contribution in [0.4, 0.5) is 0 Å². The molecular weight excluding hydrogens is 272 g/mol. The first-order valence-electron chi connectivity index (χ1n) is 7.33. The van der Waals surface area contributed by atoms with Crippen LogP contribution < -0.4 is 5.73 Å². The molecule has 0 saturated heterocycles. The minimum atomic E-state index is -0.0559. The van der Waals surface area contributed by atoms with Gasteiger partial charge in [-0.3, -0.25) is 4.90 Å². The molecule has 0 radical (unpaired) electrons. The van der Waals surface area contributed by atoms with E-state index in [1.54, 1.807) is 0 Å². The van der Waals surface area contributed by atoms with Gasteiger partial charge in [0, 0.05) is 30.3 Å². The summed E-state index contributed by atoms with van der Waals surface area (Å²) in [4.78, 5) is 2.40. The van der Waals surface area contributed by atoms with Gasteiger partial charge in [0.1, 0.15) is 0 Å². The molecule has 0 aliphatic heterocycles. The number of ether oxygens (including phenoxy) is 1. The van der Waals surface area contributed by atoms with Gasteiger partial charge >= 0.3 is 0 Å². The van der Waals surface area contributed by atoms with E-state index in [9.17, 15) is 0 Å². The van der Waals surface area contributed by atoms with Gasteiger partial charge in [0.05, 0.1) is 6.61 Å². The number of nitrogens with zero attached hydrogens (tertiary/aromatic N) is 1. The number of likely N-dealkylation sites (N-methyl/N-ethyl adjacent to an activating group) is 1. The topological polar surface area (TPSA) is 38.5 Å². The molecule has 0 aliphatic carbocycles. The molecule has 1 aromatic rings. The van der Waals surface area contributed by atoms with Gasteiger partial charge < -0.3 is 10.5 Å². The van der Waals surface area contributed by atoms with Crippen molar-refractivity contribution in [2.24, 2.45) is 5.73 Å². The van der Waals surface area contributed by atoms with E-state index in [0.717, 1.165) is 37.7 Å². The Balaban J connectivity index is 2.74. The predicted molar refractivity (Wildman–Crippen MR) is 86.4 cm³/mol. The van der Waals surface area contributed by atoms with Crippen LogP contribution in [-0.2, 0) is 11.2 Å². The summed E-state index contributed by atoms with van der Waals surface area (Å²) in [6.45, 7) is 10.4. The van der Waals surface area contributed by atoms with Crippen LogP contribution in [-0.4, -0.2) is 43.3 Å². The Labute approximate surface area is 128 Å². The first kappa shape index (κ1) is 17.4. The molecule has 3 nitrogen and oxygen atoms in total. The Morgan fingerprint density at radius 1 is 1.25 bits per heavy atom. The average molecular weight is 299 g/mol. The van der Waals surface area contributed by atoms with Crippen LogP contribution in [0.5, 0.6) is 0 Å². The van der Waals surface area contributed by atoms with E-state index in [2.05, 4.69) is 30.9 Å². The minimum absolute atomic E-state index is 0.0559. The third-order valence-electron chi connectivity index (χ3n) is 3.79. The molecule has 2 N–H and O–H groups in total. The summed E-state index contributed by atoms with van der Waals surface area (Å²) in [5.74, 6) is 0. The van der Waals surface area contributed by atoms with Crippen molar-refractivity contribution in [1.29, 1.82) is 0 Å². The lowest BCUT2D eigenvalue weighted by atomic mass is 9.90. The van der Waals surface area contributed by atoms with E-state index < -0.39 is 0 Å². The molecule has 0 aliphatic rings. The van der Waals surface area contributed by atoms with Gasteiger partial charge in [0.25, 0.3) is 0 Å². The van der Waals surface area contributed by atoms with Gasteiger partial charge in [-0.15, -0.1) is 0 Å². The third-order valence-corrected chi connectivity index (χ3v) is 4.04. The maximum Gasteiger partial charge on any atom is 0.0593 e. The second kappa shape index (κ2) is 8.63. The summed E-state index contributed by atoms with van der Waals surface area (Å²) in [5.41, 5.74) is 7.26. The summed E-state index contributed by atoms with van der Waals surface area (Å²) in [6, 6.07) is 8.02. The third kappa shape index (κ3) is 5.06. The Bertz CT molecular complexity index is 383. The Kier molecular flexibility index (Phi) is 7.52. The zero-order valence-corrected chi connectivity index (χ0v) is 13.6. The highest BCUT2D eigenvalue weighted by Gasteiger charge is 2.29. The monoisotopic (exact) mass is 298 g/mol. The number of rotatable bonds is 9. The predicted octanol–water partition coefficient (Wildman–Crippen LogP) is 2.96. The number of benzene rings is 1. The highest BCUT2D eigenvalue weighted by atomic mass is 35.5. The molecule has 20 heavy (non-hydrogen) atoms. The fourth-order valence-corrected chi connectivity index (χ4v) is 2.61. The maximum absolute atomic E-state index is 6.06. The van der Waals surface area contributed by atoms with Crippen LogP contribution in [0.1, 0.15) is 26.3 Å². The molecule has 1 unspecified atom stereocenters. The van der Waals surface area contributed by atoms with Crippen LogP contribution in [0.3, 0.4) is 0 Å². The van der Waals surface area contributed by atoms with Crippen molar-refractivity contribution in [2.45, 2.75) is 32.7 Å². The summed E-state index contributed by atoms with van der Waals surface area (Å²) < 4.78 is 5.47. The smallest absolute Gasteiger partial charge is 0.0593 e. The molecule has 1 rings (SSSR count). The van der Waals surface area contributed by atoms with E-state index in [0.29, 0.717) is 6.54 Å². The molecule has 0 spiro atoms. The van der Waals surface area contributed by atoms with Crippen molar-refractivity contribution < 1.29 is 4.74 Å². The Morgan fingerprint density at radius 2 is 1.90 bits per heavy atom. The molecule has 1 aromatic carbocycles. The largest absolute Gasteiger partial charge is 0.380 e. The first-order chi connectivity index (χ1) is 9.55. The highest BCUT2D eigenvalue weighted by molar-refractivity contribution is 6.30. The van der Waals surface area contributed by atoms with Crippen molar-refractivity contribution in [3.05, 3.63) is 34.9 Å². The van der Waals surface area contributed by atoms with Crippen molar-refractivity contribution in [2.75, 3.05) is 32.8 Å². The van der Waals surface area contributed by atoms with Crippen LogP contribution in [0.15, 0.2) is 24.3 Å². The Morgan fingerprint density at radius 3 is 2.40 bits per heavy atom. The van der Waals surface area contributed by atoms with Gasteiger partial charge in [0.2, 0.25) is 0 Å². The number of hydrogen-bond donors (Lipinski definition) is 1. The maximum atomic E-state index is 6.06. The van der Waals surface area contributed by atoms with Gasteiger partial charge in [-0.1, -0.05) is 30.7 Å². The molecule has 0 aromatic heterocycles. The molecule has 0 amide bonds. The van der Waals surface area contributed by atoms with E-state index in [1.807, 2.05) is 19.1 Å². The first-order valence-corrected chi connectivity index (χ1v) is 7.70. The summed E-state index contributed by atoms with van der Waals surface area (Å²) >= 11 is 5.94. The van der Waals surface area contributed by atoms with Crippen LogP contribution in [0.2, 0.25) is 5.02 Å². The quantitative estimate of drug-likeness (QED) is 0.712. The molecule has 4 heteroatoms. The van der Waals surface area contributed by atoms with Gasteiger partial charge in [-0.2, -0.15) is 0 Å². The summed E-state index contributed by atoms with van der Waals surface area (Å²) in [7, 11) is 0. The highest BCUT2D eigenvalue weighted by Crippen LogP contribution is 2.21. The standard InChI is InChI=1S/C16H27ClN2O/c1-4-19(10-11-20-5-2)16(3,13-18)12-14-6-8-15(17)9-7-14/h6-9H,4-5,10-13,18H2,1-3H3. The number of hydrogen-bond acceptors (Lipinski definition) is 3. The second-order valence-electron chi connectivity index (χ2n) is 5.28. The zero-order chi connectivity index (χ0) is 15.0. The fraction of sp³-hybridized carbons (Fsp3) is 0.625. The number of nitrogens with two attached hydrogens (primary N) is 1. The van der Waals surface area contributed by atoms with Crippen LogP contribution in [0, 0.1) is 0 Å².